The summed E-state index contributed by atoms with van der Waals surface area (Å²) >= 11 is 0. The standard InChI is InChI=1S/C7H4F3NO4S/c8-7(9,10)5-3-4(16(14)15)1-2-6(5)11(12)13/h1-3,16H. The van der Waals surface area contributed by atoms with Gasteiger partial charge >= 0.3 is 6.18 Å². The molecule has 0 N–H and O–H groups in total. The van der Waals surface area contributed by atoms with Crippen LogP contribution < -0.4 is 0 Å². The molecule has 9 heteroatoms. The van der Waals surface area contributed by atoms with Crippen molar-refractivity contribution >= 4 is 16.4 Å². The number of benzene rings is 1. The van der Waals surface area contributed by atoms with Gasteiger partial charge in [0, 0.05) is 6.07 Å². The van der Waals surface area contributed by atoms with Gasteiger partial charge in [-0.15, -0.1) is 0 Å². The Hall–Kier alpha value is -1.64. The van der Waals surface area contributed by atoms with E-state index in [2.05, 4.69) is 0 Å². The van der Waals surface area contributed by atoms with E-state index in [1.54, 1.807) is 0 Å². The van der Waals surface area contributed by atoms with Crippen molar-refractivity contribution in [2.45, 2.75) is 11.1 Å². The largest absolute Gasteiger partial charge is 0.423 e. The van der Waals surface area contributed by atoms with Gasteiger partial charge in [-0.25, -0.2) is 8.42 Å². The molecule has 0 bridgehead atoms. The molecule has 0 saturated heterocycles. The first-order valence-electron chi connectivity index (χ1n) is 3.73. The zero-order valence-corrected chi connectivity index (χ0v) is 8.29. The molecule has 0 heterocycles. The molecule has 0 aliphatic rings. The van der Waals surface area contributed by atoms with Crippen LogP contribution in [0.4, 0.5) is 18.9 Å². The first-order chi connectivity index (χ1) is 7.23. The maximum atomic E-state index is 12.4. The predicted octanol–water partition coefficient (Wildman–Crippen LogP) is 1.58. The second-order valence-electron chi connectivity index (χ2n) is 2.71. The Morgan fingerprint density at radius 2 is 1.81 bits per heavy atom. The van der Waals surface area contributed by atoms with Crippen LogP contribution in [0.1, 0.15) is 5.56 Å². The molecule has 88 valence electrons. The van der Waals surface area contributed by atoms with Crippen LogP contribution in [0.2, 0.25) is 0 Å². The van der Waals surface area contributed by atoms with Crippen LogP contribution in [0.3, 0.4) is 0 Å². The Bertz CT molecular complexity index is 501. The van der Waals surface area contributed by atoms with Gasteiger partial charge < -0.3 is 0 Å². The van der Waals surface area contributed by atoms with Crippen LogP contribution in [0.15, 0.2) is 23.1 Å². The minimum atomic E-state index is -4.97. The SMILES string of the molecule is O=[N+]([O-])c1ccc([SH](=O)=O)cc1C(F)(F)F. The number of alkyl halides is 3. The van der Waals surface area contributed by atoms with Gasteiger partial charge in [0.15, 0.2) is 10.7 Å². The van der Waals surface area contributed by atoms with E-state index in [1.807, 2.05) is 0 Å². The third-order valence-corrected chi connectivity index (χ3v) is 2.39. The number of nitrogens with zero attached hydrogens (tertiary/aromatic N) is 1. The highest BCUT2D eigenvalue weighted by Gasteiger charge is 2.38. The predicted molar refractivity (Wildman–Crippen MR) is 46.7 cm³/mol. The van der Waals surface area contributed by atoms with Crippen molar-refractivity contribution in [2.75, 3.05) is 0 Å². The lowest BCUT2D eigenvalue weighted by Gasteiger charge is -2.07. The monoisotopic (exact) mass is 255 g/mol. The maximum Gasteiger partial charge on any atom is 0.423 e. The zero-order valence-electron chi connectivity index (χ0n) is 7.39. The molecule has 16 heavy (non-hydrogen) atoms. The summed E-state index contributed by atoms with van der Waals surface area (Å²) in [7, 11) is -3.21. The quantitative estimate of drug-likeness (QED) is 0.494. The molecule has 0 amide bonds. The van der Waals surface area contributed by atoms with Crippen molar-refractivity contribution in [3.05, 3.63) is 33.9 Å². The molecule has 1 rings (SSSR count). The number of nitro groups is 1. The summed E-state index contributed by atoms with van der Waals surface area (Å²) in [5.41, 5.74) is -2.75. The highest BCUT2D eigenvalue weighted by molar-refractivity contribution is 7.72. The first-order valence-corrected chi connectivity index (χ1v) is 4.91. The van der Waals surface area contributed by atoms with E-state index in [0.717, 1.165) is 6.07 Å². The van der Waals surface area contributed by atoms with Gasteiger partial charge in [-0.3, -0.25) is 10.1 Å². The molecule has 0 spiro atoms. The third-order valence-electron chi connectivity index (χ3n) is 1.69. The smallest absolute Gasteiger partial charge is 0.258 e. The summed E-state index contributed by atoms with van der Waals surface area (Å²) in [5.74, 6) is 0. The van der Waals surface area contributed by atoms with Gasteiger partial charge in [-0.1, -0.05) is 0 Å². The summed E-state index contributed by atoms with van der Waals surface area (Å²) in [4.78, 5) is 8.47. The van der Waals surface area contributed by atoms with Crippen molar-refractivity contribution in [1.82, 2.24) is 0 Å². The molecule has 1 aromatic rings. The summed E-state index contributed by atoms with van der Waals surface area (Å²) in [6.45, 7) is 0. The van der Waals surface area contributed by atoms with Crippen LogP contribution in [0, 0.1) is 10.1 Å². The number of rotatable bonds is 2. The van der Waals surface area contributed by atoms with Crippen LogP contribution in [-0.4, -0.2) is 13.3 Å². The number of hydrogen-bond donors (Lipinski definition) is 1. The number of halogens is 3. The van der Waals surface area contributed by atoms with E-state index in [1.165, 1.54) is 0 Å². The average Bonchev–Trinajstić information content (AvgIpc) is 2.15. The Balaban J connectivity index is 3.51. The van der Waals surface area contributed by atoms with Gasteiger partial charge in [-0.2, -0.15) is 13.2 Å². The lowest BCUT2D eigenvalue weighted by Crippen LogP contribution is -2.09. The molecule has 0 fully saturated rings. The van der Waals surface area contributed by atoms with E-state index in [-0.39, 0.29) is 6.07 Å². The number of nitro benzene ring substituents is 1. The van der Waals surface area contributed by atoms with Gasteiger partial charge in [0.05, 0.1) is 9.82 Å². The molecular formula is C7H4F3NO4S. The van der Waals surface area contributed by atoms with E-state index >= 15 is 0 Å². The van der Waals surface area contributed by atoms with E-state index in [0.29, 0.717) is 6.07 Å². The van der Waals surface area contributed by atoms with Crippen LogP contribution in [0.5, 0.6) is 0 Å². The minimum Gasteiger partial charge on any atom is -0.258 e. The molecular weight excluding hydrogens is 251 g/mol. The Labute approximate surface area is 88.6 Å². The molecule has 0 unspecified atom stereocenters. The Morgan fingerprint density at radius 3 is 2.19 bits per heavy atom. The van der Waals surface area contributed by atoms with Crippen LogP contribution in [-0.2, 0) is 16.9 Å². The first kappa shape index (κ1) is 12.4. The van der Waals surface area contributed by atoms with Crippen LogP contribution >= 0.6 is 0 Å². The zero-order chi connectivity index (χ0) is 12.5. The van der Waals surface area contributed by atoms with E-state index in [9.17, 15) is 31.7 Å². The topological polar surface area (TPSA) is 77.3 Å². The lowest BCUT2D eigenvalue weighted by atomic mass is 10.2. The highest BCUT2D eigenvalue weighted by atomic mass is 32.2. The average molecular weight is 255 g/mol. The van der Waals surface area contributed by atoms with Crippen LogP contribution in [0.25, 0.3) is 0 Å². The van der Waals surface area contributed by atoms with Gasteiger partial charge in [0.2, 0.25) is 0 Å². The van der Waals surface area contributed by atoms with Crippen molar-refractivity contribution < 1.29 is 26.5 Å². The molecule has 0 aliphatic heterocycles. The van der Waals surface area contributed by atoms with Gasteiger partial charge in [0.25, 0.3) is 5.69 Å². The fourth-order valence-corrected chi connectivity index (χ4v) is 1.45. The maximum absolute atomic E-state index is 12.4. The molecule has 0 radical (unpaired) electrons. The second-order valence-corrected chi connectivity index (χ2v) is 3.74. The van der Waals surface area contributed by atoms with E-state index < -0.39 is 38.0 Å². The summed E-state index contributed by atoms with van der Waals surface area (Å²) in [5, 5.41) is 10.3. The fourth-order valence-electron chi connectivity index (χ4n) is 1.02. The minimum absolute atomic E-state index is 0.240. The summed E-state index contributed by atoms with van der Waals surface area (Å²) in [6.07, 6.45) is -4.97. The van der Waals surface area contributed by atoms with Gasteiger partial charge in [0.1, 0.15) is 5.56 Å². The Morgan fingerprint density at radius 1 is 1.25 bits per heavy atom. The summed E-state index contributed by atoms with van der Waals surface area (Å²) in [6, 6.07) is 1.51. The molecule has 0 saturated carbocycles. The highest BCUT2D eigenvalue weighted by Crippen LogP contribution is 2.36. The number of thiol groups is 1. The molecule has 0 aromatic heterocycles. The molecule has 0 aliphatic carbocycles. The lowest BCUT2D eigenvalue weighted by molar-refractivity contribution is -0.388. The normalized spacial score (nSPS) is 11.8. The van der Waals surface area contributed by atoms with Gasteiger partial charge in [-0.05, 0) is 12.1 Å². The second kappa shape index (κ2) is 4.08. The van der Waals surface area contributed by atoms with Crippen molar-refractivity contribution in [3.8, 4) is 0 Å². The Kier molecular flexibility index (Phi) is 3.17. The summed E-state index contributed by atoms with van der Waals surface area (Å²) < 4.78 is 58.0. The van der Waals surface area contributed by atoms with E-state index in [4.69, 9.17) is 0 Å². The molecule has 0 atom stereocenters. The van der Waals surface area contributed by atoms with Crippen molar-refractivity contribution in [3.63, 3.8) is 0 Å². The molecule has 5 nitrogen and oxygen atoms in total. The fraction of sp³-hybridized carbons (Fsp3) is 0.143. The van der Waals surface area contributed by atoms with Crippen molar-refractivity contribution in [1.29, 1.82) is 0 Å². The third kappa shape index (κ3) is 2.48. The number of hydrogen-bond acceptors (Lipinski definition) is 4. The molecule has 1 aromatic carbocycles. The van der Waals surface area contributed by atoms with Crippen molar-refractivity contribution in [2.24, 2.45) is 0 Å².